The van der Waals surface area contributed by atoms with Gasteiger partial charge in [0.2, 0.25) is 0 Å². The Morgan fingerprint density at radius 3 is 2.83 bits per heavy atom. The molecular formula is C13H16FNO3. The van der Waals surface area contributed by atoms with E-state index in [1.807, 2.05) is 11.9 Å². The zero-order chi connectivity index (χ0) is 13.5. The lowest BCUT2D eigenvalue weighted by Crippen LogP contribution is -2.22. The van der Waals surface area contributed by atoms with Crippen LogP contribution < -0.4 is 4.90 Å². The van der Waals surface area contributed by atoms with E-state index < -0.39 is 11.8 Å². The number of hydrogen-bond donors (Lipinski definition) is 1. The van der Waals surface area contributed by atoms with Gasteiger partial charge in [0.15, 0.2) is 0 Å². The maximum atomic E-state index is 13.4. The standard InChI is InChI=1S/C13H16FNO3/c1-15(5-6-18-2)12-8-10(3-4-13(16)17)7-11(14)9-12/h3-4,7-9H,5-6H2,1-2H3,(H,16,17)/b4-3+. The number of methoxy groups -OCH3 is 1. The van der Waals surface area contributed by atoms with Crippen LogP contribution in [0.1, 0.15) is 5.56 Å². The van der Waals surface area contributed by atoms with Crippen LogP contribution in [0.3, 0.4) is 0 Å². The molecule has 0 aliphatic rings. The van der Waals surface area contributed by atoms with Crippen molar-refractivity contribution in [3.63, 3.8) is 0 Å². The molecule has 0 saturated carbocycles. The van der Waals surface area contributed by atoms with Gasteiger partial charge in [0.25, 0.3) is 0 Å². The van der Waals surface area contributed by atoms with Crippen LogP contribution in [0.15, 0.2) is 24.3 Å². The summed E-state index contributed by atoms with van der Waals surface area (Å²) in [6.07, 6.45) is 2.34. The van der Waals surface area contributed by atoms with Crippen molar-refractivity contribution in [1.29, 1.82) is 0 Å². The Morgan fingerprint density at radius 1 is 1.50 bits per heavy atom. The molecule has 0 aliphatic heterocycles. The van der Waals surface area contributed by atoms with Gasteiger partial charge in [0, 0.05) is 32.5 Å². The van der Waals surface area contributed by atoms with Crippen molar-refractivity contribution >= 4 is 17.7 Å². The van der Waals surface area contributed by atoms with Gasteiger partial charge in [-0.1, -0.05) is 0 Å². The third-order valence-electron chi connectivity index (χ3n) is 2.39. The summed E-state index contributed by atoms with van der Waals surface area (Å²) in [5.74, 6) is -1.46. The quantitative estimate of drug-likeness (QED) is 0.788. The lowest BCUT2D eigenvalue weighted by molar-refractivity contribution is -0.131. The van der Waals surface area contributed by atoms with Gasteiger partial charge in [0.05, 0.1) is 6.61 Å². The van der Waals surface area contributed by atoms with Crippen molar-refractivity contribution in [3.05, 3.63) is 35.7 Å². The number of ether oxygens (including phenoxy) is 1. The Bertz CT molecular complexity index is 446. The fourth-order valence-corrected chi connectivity index (χ4v) is 1.44. The Balaban J connectivity index is 2.89. The number of rotatable bonds is 6. The first-order valence-electron chi connectivity index (χ1n) is 5.44. The number of halogens is 1. The summed E-state index contributed by atoms with van der Waals surface area (Å²) in [4.78, 5) is 12.2. The minimum Gasteiger partial charge on any atom is -0.478 e. The highest BCUT2D eigenvalue weighted by molar-refractivity contribution is 5.85. The Morgan fingerprint density at radius 2 is 2.22 bits per heavy atom. The molecule has 1 aromatic rings. The van der Waals surface area contributed by atoms with E-state index in [9.17, 15) is 9.18 Å². The lowest BCUT2D eigenvalue weighted by atomic mass is 10.1. The largest absolute Gasteiger partial charge is 0.478 e. The second-order valence-corrected chi connectivity index (χ2v) is 3.83. The maximum Gasteiger partial charge on any atom is 0.328 e. The summed E-state index contributed by atoms with van der Waals surface area (Å²) < 4.78 is 18.3. The van der Waals surface area contributed by atoms with Gasteiger partial charge in [-0.05, 0) is 29.8 Å². The number of nitrogens with zero attached hydrogens (tertiary/aromatic N) is 1. The molecule has 18 heavy (non-hydrogen) atoms. The molecule has 0 unspecified atom stereocenters. The minimum absolute atomic E-state index is 0.401. The lowest BCUT2D eigenvalue weighted by Gasteiger charge is -2.19. The molecule has 0 amide bonds. The highest BCUT2D eigenvalue weighted by Crippen LogP contribution is 2.18. The van der Waals surface area contributed by atoms with E-state index in [0.29, 0.717) is 24.4 Å². The van der Waals surface area contributed by atoms with Gasteiger partial charge in [-0.2, -0.15) is 0 Å². The fourth-order valence-electron chi connectivity index (χ4n) is 1.44. The van der Waals surface area contributed by atoms with Gasteiger partial charge in [0.1, 0.15) is 5.82 Å². The Hall–Kier alpha value is -1.88. The summed E-state index contributed by atoms with van der Waals surface area (Å²) in [5.41, 5.74) is 1.19. The number of hydrogen-bond acceptors (Lipinski definition) is 3. The van der Waals surface area contributed by atoms with Gasteiger partial charge in [-0.25, -0.2) is 9.18 Å². The minimum atomic E-state index is -1.06. The zero-order valence-electron chi connectivity index (χ0n) is 10.4. The van der Waals surface area contributed by atoms with Crippen LogP contribution >= 0.6 is 0 Å². The predicted octanol–water partition coefficient (Wildman–Crippen LogP) is 2.01. The van der Waals surface area contributed by atoms with Gasteiger partial charge in [-0.15, -0.1) is 0 Å². The smallest absolute Gasteiger partial charge is 0.328 e. The van der Waals surface area contributed by atoms with Crippen LogP contribution in [0.25, 0.3) is 6.08 Å². The Kier molecular flexibility index (Phi) is 5.32. The first-order chi connectivity index (χ1) is 8.52. The van der Waals surface area contributed by atoms with E-state index in [4.69, 9.17) is 9.84 Å². The molecule has 1 aromatic carbocycles. The zero-order valence-corrected chi connectivity index (χ0v) is 10.4. The molecule has 1 rings (SSSR count). The van der Waals surface area contributed by atoms with E-state index in [-0.39, 0.29) is 0 Å². The van der Waals surface area contributed by atoms with E-state index in [1.54, 1.807) is 13.2 Å². The third kappa shape index (κ3) is 4.55. The van der Waals surface area contributed by atoms with Crippen LogP contribution in [-0.2, 0) is 9.53 Å². The fraction of sp³-hybridized carbons (Fsp3) is 0.308. The number of carboxylic acids is 1. The number of benzene rings is 1. The van der Waals surface area contributed by atoms with Crippen LogP contribution in [0.5, 0.6) is 0 Å². The Labute approximate surface area is 105 Å². The first-order valence-corrected chi connectivity index (χ1v) is 5.44. The van der Waals surface area contributed by atoms with Gasteiger partial charge in [-0.3, -0.25) is 0 Å². The molecule has 0 aromatic heterocycles. The van der Waals surface area contributed by atoms with Crippen molar-refractivity contribution in [3.8, 4) is 0 Å². The summed E-state index contributed by atoms with van der Waals surface area (Å²) in [7, 11) is 3.42. The first kappa shape index (κ1) is 14.2. The average Bonchev–Trinajstić information content (AvgIpc) is 2.32. The summed E-state index contributed by atoms with van der Waals surface area (Å²) >= 11 is 0. The number of likely N-dealkylation sites (N-methyl/N-ethyl adjacent to an activating group) is 1. The van der Waals surface area contributed by atoms with E-state index >= 15 is 0 Å². The van der Waals surface area contributed by atoms with Crippen molar-refractivity contribution in [2.45, 2.75) is 0 Å². The summed E-state index contributed by atoms with van der Waals surface area (Å²) in [6, 6.07) is 4.40. The van der Waals surface area contributed by atoms with Gasteiger partial charge >= 0.3 is 5.97 Å². The number of carboxylic acid groups (broad SMARTS) is 1. The second-order valence-electron chi connectivity index (χ2n) is 3.83. The highest BCUT2D eigenvalue weighted by Gasteiger charge is 2.04. The molecule has 0 atom stereocenters. The number of anilines is 1. The molecule has 0 bridgehead atoms. The molecule has 0 heterocycles. The van der Waals surface area contributed by atoms with Crippen molar-refractivity contribution < 1.29 is 19.0 Å². The highest BCUT2D eigenvalue weighted by atomic mass is 19.1. The molecule has 0 fully saturated rings. The molecule has 0 radical (unpaired) electrons. The topological polar surface area (TPSA) is 49.8 Å². The molecule has 98 valence electrons. The van der Waals surface area contributed by atoms with E-state index in [2.05, 4.69) is 0 Å². The number of carbonyl (C=O) groups is 1. The van der Waals surface area contributed by atoms with Crippen molar-refractivity contribution in [2.24, 2.45) is 0 Å². The van der Waals surface area contributed by atoms with E-state index in [0.717, 1.165) is 6.08 Å². The molecule has 0 spiro atoms. The monoisotopic (exact) mass is 253 g/mol. The van der Waals surface area contributed by atoms with Crippen LogP contribution in [0, 0.1) is 5.82 Å². The molecule has 1 N–H and O–H groups in total. The van der Waals surface area contributed by atoms with Crippen molar-refractivity contribution in [1.82, 2.24) is 0 Å². The predicted molar refractivity (Wildman–Crippen MR) is 68.2 cm³/mol. The van der Waals surface area contributed by atoms with Crippen LogP contribution in [-0.4, -0.2) is 38.4 Å². The normalized spacial score (nSPS) is 10.8. The van der Waals surface area contributed by atoms with Gasteiger partial charge < -0.3 is 14.7 Å². The molecule has 4 nitrogen and oxygen atoms in total. The summed E-state index contributed by atoms with van der Waals surface area (Å²) in [6.45, 7) is 1.16. The maximum absolute atomic E-state index is 13.4. The molecule has 0 saturated heterocycles. The SMILES string of the molecule is COCCN(C)c1cc(F)cc(/C=C/C(=O)O)c1. The van der Waals surface area contributed by atoms with Crippen LogP contribution in [0.2, 0.25) is 0 Å². The average molecular weight is 253 g/mol. The summed E-state index contributed by atoms with van der Waals surface area (Å²) in [5, 5.41) is 8.53. The molecular weight excluding hydrogens is 237 g/mol. The van der Waals surface area contributed by atoms with E-state index in [1.165, 1.54) is 18.2 Å². The van der Waals surface area contributed by atoms with Crippen LogP contribution in [0.4, 0.5) is 10.1 Å². The van der Waals surface area contributed by atoms with Crippen molar-refractivity contribution in [2.75, 3.05) is 32.2 Å². The molecule has 5 heteroatoms. The number of aliphatic carboxylic acids is 1. The third-order valence-corrected chi connectivity index (χ3v) is 2.39. The molecule has 0 aliphatic carbocycles. The second kappa shape index (κ2) is 6.76.